The lowest BCUT2D eigenvalue weighted by Crippen LogP contribution is -2.51. The number of nitrogens with one attached hydrogen (secondary N) is 1. The first kappa shape index (κ1) is 13.9. The van der Waals surface area contributed by atoms with Crippen molar-refractivity contribution < 1.29 is 19.4 Å². The van der Waals surface area contributed by atoms with E-state index in [0.717, 1.165) is 6.54 Å². The van der Waals surface area contributed by atoms with Crippen molar-refractivity contribution in [2.24, 2.45) is 0 Å². The minimum Gasteiger partial charge on any atom is -0.481 e. The highest BCUT2D eigenvalue weighted by atomic mass is 16.5. The number of aliphatic carboxylic acids is 1. The predicted molar refractivity (Wildman–Crippen MR) is 61.5 cm³/mol. The second-order valence-electron chi connectivity index (χ2n) is 3.96. The van der Waals surface area contributed by atoms with Gasteiger partial charge in [-0.3, -0.25) is 9.59 Å². The molecule has 2 N–H and O–H groups in total. The molecule has 1 rings (SSSR count). The van der Waals surface area contributed by atoms with E-state index in [9.17, 15) is 9.59 Å². The topological polar surface area (TPSA) is 78.9 Å². The number of nitrogens with zero attached hydrogens (tertiary/aromatic N) is 1. The average Bonchev–Trinajstić information content (AvgIpc) is 2.31. The molecule has 0 spiro atoms. The fraction of sp³-hybridized carbons (Fsp3) is 0.818. The molecular formula is C11H20N2O4. The maximum Gasteiger partial charge on any atom is 0.303 e. The normalized spacial score (nSPS) is 19.9. The number of carboxylic acids is 1. The third-order valence-electron chi connectivity index (χ3n) is 2.70. The number of morpholine rings is 1. The fourth-order valence-electron chi connectivity index (χ4n) is 1.83. The summed E-state index contributed by atoms with van der Waals surface area (Å²) in [5.74, 6) is -0.904. The van der Waals surface area contributed by atoms with Crippen LogP contribution in [-0.2, 0) is 14.3 Å². The van der Waals surface area contributed by atoms with Crippen LogP contribution in [-0.4, -0.2) is 54.4 Å². The zero-order valence-corrected chi connectivity index (χ0v) is 10.1. The number of likely N-dealkylation sites (N-methyl/N-ethyl adjacent to an activating group) is 1. The highest BCUT2D eigenvalue weighted by Gasteiger charge is 2.24. The summed E-state index contributed by atoms with van der Waals surface area (Å²) in [6.45, 7) is 4.52. The SMILES string of the molecule is CCN(C(=O)CCCC(=O)O)C1CNCCO1. The zero-order chi connectivity index (χ0) is 12.7. The highest BCUT2D eigenvalue weighted by molar-refractivity contribution is 5.77. The van der Waals surface area contributed by atoms with E-state index in [2.05, 4.69) is 5.32 Å². The van der Waals surface area contributed by atoms with Crippen LogP contribution in [0.1, 0.15) is 26.2 Å². The average molecular weight is 244 g/mol. The highest BCUT2D eigenvalue weighted by Crippen LogP contribution is 2.08. The van der Waals surface area contributed by atoms with Crippen molar-refractivity contribution in [3.8, 4) is 0 Å². The van der Waals surface area contributed by atoms with Gasteiger partial charge in [-0.25, -0.2) is 0 Å². The monoisotopic (exact) mass is 244 g/mol. The van der Waals surface area contributed by atoms with Crippen molar-refractivity contribution in [2.45, 2.75) is 32.4 Å². The van der Waals surface area contributed by atoms with E-state index in [0.29, 0.717) is 26.1 Å². The number of amides is 1. The zero-order valence-electron chi connectivity index (χ0n) is 10.1. The van der Waals surface area contributed by atoms with Crippen molar-refractivity contribution in [3.05, 3.63) is 0 Å². The summed E-state index contributed by atoms with van der Waals surface area (Å²) >= 11 is 0. The summed E-state index contributed by atoms with van der Waals surface area (Å²) in [7, 11) is 0. The molecule has 0 aliphatic carbocycles. The van der Waals surface area contributed by atoms with E-state index >= 15 is 0 Å². The molecular weight excluding hydrogens is 224 g/mol. The van der Waals surface area contributed by atoms with Gasteiger partial charge in [0.15, 0.2) is 0 Å². The van der Waals surface area contributed by atoms with Crippen molar-refractivity contribution in [1.29, 1.82) is 0 Å². The number of carboxylic acid groups (broad SMARTS) is 1. The molecule has 98 valence electrons. The van der Waals surface area contributed by atoms with Gasteiger partial charge in [0.05, 0.1) is 6.61 Å². The van der Waals surface area contributed by atoms with Gasteiger partial charge in [-0.1, -0.05) is 0 Å². The Hall–Kier alpha value is -1.14. The number of carbonyl (C=O) groups excluding carboxylic acids is 1. The molecule has 0 saturated carbocycles. The number of hydrogen-bond acceptors (Lipinski definition) is 4. The van der Waals surface area contributed by atoms with Gasteiger partial charge in [0, 0.05) is 32.5 Å². The Bertz CT molecular complexity index is 264. The van der Waals surface area contributed by atoms with Crippen LogP contribution >= 0.6 is 0 Å². The molecule has 0 radical (unpaired) electrons. The Morgan fingerprint density at radius 3 is 2.76 bits per heavy atom. The van der Waals surface area contributed by atoms with Crippen LogP contribution in [0.25, 0.3) is 0 Å². The van der Waals surface area contributed by atoms with Crippen molar-refractivity contribution in [3.63, 3.8) is 0 Å². The lowest BCUT2D eigenvalue weighted by Gasteiger charge is -2.33. The molecule has 1 heterocycles. The third-order valence-corrected chi connectivity index (χ3v) is 2.70. The van der Waals surface area contributed by atoms with Crippen LogP contribution in [0, 0.1) is 0 Å². The molecule has 1 aliphatic heterocycles. The van der Waals surface area contributed by atoms with Crippen LogP contribution in [0.5, 0.6) is 0 Å². The van der Waals surface area contributed by atoms with E-state index in [1.54, 1.807) is 4.90 Å². The first-order valence-corrected chi connectivity index (χ1v) is 5.98. The van der Waals surface area contributed by atoms with Crippen molar-refractivity contribution in [2.75, 3.05) is 26.2 Å². The van der Waals surface area contributed by atoms with Gasteiger partial charge in [0.1, 0.15) is 6.23 Å². The van der Waals surface area contributed by atoms with Crippen molar-refractivity contribution >= 4 is 11.9 Å². The first-order chi connectivity index (χ1) is 8.15. The van der Waals surface area contributed by atoms with Crippen LogP contribution in [0.2, 0.25) is 0 Å². The van der Waals surface area contributed by atoms with Crippen LogP contribution < -0.4 is 5.32 Å². The second-order valence-corrected chi connectivity index (χ2v) is 3.96. The molecule has 6 nitrogen and oxygen atoms in total. The first-order valence-electron chi connectivity index (χ1n) is 5.98. The van der Waals surface area contributed by atoms with E-state index in [1.165, 1.54) is 0 Å². The minimum atomic E-state index is -0.864. The summed E-state index contributed by atoms with van der Waals surface area (Å²) in [6.07, 6.45) is 0.462. The Labute approximate surface area is 101 Å². The van der Waals surface area contributed by atoms with Gasteiger partial charge in [0.25, 0.3) is 0 Å². The molecule has 6 heteroatoms. The Morgan fingerprint density at radius 1 is 1.47 bits per heavy atom. The molecule has 17 heavy (non-hydrogen) atoms. The van der Waals surface area contributed by atoms with Gasteiger partial charge in [-0.2, -0.15) is 0 Å². The predicted octanol–water partition coefficient (Wildman–Crippen LogP) is 0.0357. The number of hydrogen-bond donors (Lipinski definition) is 2. The minimum absolute atomic E-state index is 0.0348. The van der Waals surface area contributed by atoms with E-state index in [1.807, 2.05) is 6.92 Å². The molecule has 1 fully saturated rings. The molecule has 0 aromatic rings. The molecule has 1 unspecified atom stereocenters. The van der Waals surface area contributed by atoms with Gasteiger partial charge in [0.2, 0.25) is 5.91 Å². The standard InChI is InChI=1S/C11H20N2O4/c1-2-13(10-8-12-6-7-17-10)9(14)4-3-5-11(15)16/h10,12H,2-8H2,1H3,(H,15,16). The number of ether oxygens (including phenoxy) is 1. The lowest BCUT2D eigenvalue weighted by atomic mass is 10.2. The largest absolute Gasteiger partial charge is 0.481 e. The molecule has 1 aliphatic rings. The van der Waals surface area contributed by atoms with Crippen LogP contribution in [0.3, 0.4) is 0 Å². The van der Waals surface area contributed by atoms with Gasteiger partial charge < -0.3 is 20.1 Å². The maximum atomic E-state index is 11.9. The Morgan fingerprint density at radius 2 is 2.24 bits per heavy atom. The summed E-state index contributed by atoms with van der Waals surface area (Å²) in [5.41, 5.74) is 0. The molecule has 1 atom stereocenters. The summed E-state index contributed by atoms with van der Waals surface area (Å²) in [5, 5.41) is 11.7. The van der Waals surface area contributed by atoms with E-state index in [-0.39, 0.29) is 25.0 Å². The van der Waals surface area contributed by atoms with Gasteiger partial charge >= 0.3 is 5.97 Å². The van der Waals surface area contributed by atoms with E-state index < -0.39 is 5.97 Å². The Balaban J connectivity index is 2.37. The molecule has 0 bridgehead atoms. The second kappa shape index (κ2) is 7.24. The van der Waals surface area contributed by atoms with Gasteiger partial charge in [-0.05, 0) is 13.3 Å². The van der Waals surface area contributed by atoms with Crippen molar-refractivity contribution in [1.82, 2.24) is 10.2 Å². The molecule has 0 aromatic heterocycles. The maximum absolute atomic E-state index is 11.9. The number of carbonyl (C=O) groups is 2. The summed E-state index contributed by atoms with van der Waals surface area (Å²) in [6, 6.07) is 0. The third kappa shape index (κ3) is 4.70. The lowest BCUT2D eigenvalue weighted by molar-refractivity contribution is -0.148. The number of rotatable bonds is 6. The van der Waals surface area contributed by atoms with Crippen LogP contribution in [0.4, 0.5) is 0 Å². The van der Waals surface area contributed by atoms with E-state index in [4.69, 9.17) is 9.84 Å². The van der Waals surface area contributed by atoms with Crippen LogP contribution in [0.15, 0.2) is 0 Å². The van der Waals surface area contributed by atoms with Gasteiger partial charge in [-0.15, -0.1) is 0 Å². The molecule has 0 aromatic carbocycles. The summed E-state index contributed by atoms with van der Waals surface area (Å²) < 4.78 is 5.51. The quantitative estimate of drug-likeness (QED) is 0.689. The molecule has 1 amide bonds. The smallest absolute Gasteiger partial charge is 0.303 e. The Kier molecular flexibility index (Phi) is 5.93. The summed E-state index contributed by atoms with van der Waals surface area (Å²) in [4.78, 5) is 23.9. The molecule has 1 saturated heterocycles. The fourth-order valence-corrected chi connectivity index (χ4v) is 1.83.